The van der Waals surface area contributed by atoms with Crippen molar-refractivity contribution >= 4 is 29.1 Å². The molecule has 1 amide bonds. The number of nitrogens with zero attached hydrogens (tertiary/aromatic N) is 2. The van der Waals surface area contributed by atoms with Crippen LogP contribution in [0, 0.1) is 17.8 Å². The molecule has 4 fully saturated rings. The van der Waals surface area contributed by atoms with E-state index in [1.54, 1.807) is 31.2 Å². The van der Waals surface area contributed by atoms with Crippen molar-refractivity contribution in [1.29, 1.82) is 0 Å². The topological polar surface area (TPSA) is 85.1 Å². The standard InChI is InChI=1S/C23H27N3O3S/c1-2-20(28)24-18-5-3-17(4-6-18)19(27)13-30-22-26-25-21(29-22)23-10-14-7-15(11-23)9-16(8-14)12-23/h3-6,14-16H,2,7-13H2,1H3,(H,24,28). The summed E-state index contributed by atoms with van der Waals surface area (Å²) >= 11 is 1.31. The molecule has 7 heteroatoms. The number of carbonyl (C=O) groups excluding carboxylic acids is 2. The molecule has 0 spiro atoms. The summed E-state index contributed by atoms with van der Waals surface area (Å²) in [5.41, 5.74) is 1.39. The smallest absolute Gasteiger partial charge is 0.277 e. The number of anilines is 1. The zero-order chi connectivity index (χ0) is 20.7. The summed E-state index contributed by atoms with van der Waals surface area (Å²) in [6.07, 6.45) is 8.12. The quantitative estimate of drug-likeness (QED) is 0.504. The SMILES string of the molecule is CCC(=O)Nc1ccc(C(=O)CSc2nnc(C34CC5CC(CC(C5)C3)C4)o2)cc1. The van der Waals surface area contributed by atoms with E-state index < -0.39 is 0 Å². The summed E-state index contributed by atoms with van der Waals surface area (Å²) in [6.45, 7) is 1.80. The van der Waals surface area contributed by atoms with Crippen LogP contribution in [-0.2, 0) is 10.2 Å². The molecule has 158 valence electrons. The molecular weight excluding hydrogens is 398 g/mol. The van der Waals surface area contributed by atoms with E-state index in [0.29, 0.717) is 22.9 Å². The van der Waals surface area contributed by atoms with E-state index in [1.165, 1.54) is 50.3 Å². The van der Waals surface area contributed by atoms with Crippen molar-refractivity contribution in [2.75, 3.05) is 11.1 Å². The highest BCUT2D eigenvalue weighted by Crippen LogP contribution is 2.60. The van der Waals surface area contributed by atoms with Gasteiger partial charge in [-0.05, 0) is 80.5 Å². The van der Waals surface area contributed by atoms with Crippen LogP contribution in [0.2, 0.25) is 0 Å². The second kappa shape index (κ2) is 7.84. The van der Waals surface area contributed by atoms with Crippen LogP contribution in [0.4, 0.5) is 5.69 Å². The zero-order valence-electron chi connectivity index (χ0n) is 17.2. The van der Waals surface area contributed by atoms with Gasteiger partial charge in [-0.3, -0.25) is 9.59 Å². The molecule has 1 N–H and O–H groups in total. The van der Waals surface area contributed by atoms with Gasteiger partial charge < -0.3 is 9.73 Å². The fraction of sp³-hybridized carbons (Fsp3) is 0.565. The van der Waals surface area contributed by atoms with Gasteiger partial charge in [0.25, 0.3) is 5.22 Å². The predicted molar refractivity (Wildman–Crippen MR) is 115 cm³/mol. The van der Waals surface area contributed by atoms with Crippen molar-refractivity contribution in [3.05, 3.63) is 35.7 Å². The lowest BCUT2D eigenvalue weighted by atomic mass is 9.49. The number of Topliss-reactive ketones (excluding diaryl/α,β-unsaturated/α-hetero) is 1. The average Bonchev–Trinajstić information content (AvgIpc) is 3.21. The Balaban J connectivity index is 1.20. The third-order valence-corrected chi connectivity index (χ3v) is 7.86. The Morgan fingerprint density at radius 2 is 1.70 bits per heavy atom. The number of nitrogens with one attached hydrogen (secondary N) is 1. The van der Waals surface area contributed by atoms with E-state index in [0.717, 1.165) is 23.6 Å². The van der Waals surface area contributed by atoms with Gasteiger partial charge in [-0.15, -0.1) is 10.2 Å². The molecule has 0 unspecified atom stereocenters. The molecule has 0 saturated heterocycles. The van der Waals surface area contributed by atoms with Crippen molar-refractivity contribution in [3.63, 3.8) is 0 Å². The van der Waals surface area contributed by atoms with E-state index in [1.807, 2.05) is 0 Å². The maximum Gasteiger partial charge on any atom is 0.277 e. The average molecular weight is 426 g/mol. The van der Waals surface area contributed by atoms with Crippen molar-refractivity contribution in [1.82, 2.24) is 10.2 Å². The molecule has 1 heterocycles. The number of ketones is 1. The molecule has 2 aromatic rings. The fourth-order valence-corrected chi connectivity index (χ4v) is 6.71. The number of hydrogen-bond donors (Lipinski definition) is 1. The monoisotopic (exact) mass is 425 g/mol. The largest absolute Gasteiger partial charge is 0.415 e. The van der Waals surface area contributed by atoms with Gasteiger partial charge in [-0.1, -0.05) is 18.7 Å². The molecule has 4 aliphatic rings. The third-order valence-electron chi connectivity index (χ3n) is 7.04. The molecule has 0 aliphatic heterocycles. The van der Waals surface area contributed by atoms with E-state index in [2.05, 4.69) is 15.5 Å². The molecular formula is C23H27N3O3S. The Morgan fingerprint density at radius 3 is 2.30 bits per heavy atom. The van der Waals surface area contributed by atoms with Crippen LogP contribution in [0.15, 0.2) is 33.9 Å². The number of carbonyl (C=O) groups is 2. The number of hydrogen-bond acceptors (Lipinski definition) is 6. The Bertz CT molecular complexity index is 918. The minimum Gasteiger partial charge on any atom is -0.415 e. The maximum absolute atomic E-state index is 12.5. The maximum atomic E-state index is 12.5. The lowest BCUT2D eigenvalue weighted by Crippen LogP contribution is -2.48. The lowest BCUT2D eigenvalue weighted by molar-refractivity contribution is -0.115. The van der Waals surface area contributed by atoms with E-state index in [-0.39, 0.29) is 22.9 Å². The molecule has 4 aliphatic carbocycles. The van der Waals surface area contributed by atoms with Crippen LogP contribution in [-0.4, -0.2) is 27.6 Å². The first-order valence-corrected chi connectivity index (χ1v) is 11.9. The Morgan fingerprint density at radius 1 is 1.07 bits per heavy atom. The Kier molecular flexibility index (Phi) is 5.17. The van der Waals surface area contributed by atoms with Crippen LogP contribution < -0.4 is 5.32 Å². The number of benzene rings is 1. The first kappa shape index (κ1) is 19.8. The van der Waals surface area contributed by atoms with Gasteiger partial charge in [-0.25, -0.2) is 0 Å². The second-order valence-electron chi connectivity index (χ2n) is 9.26. The van der Waals surface area contributed by atoms with Gasteiger partial charge in [0.1, 0.15) is 0 Å². The first-order valence-electron chi connectivity index (χ1n) is 10.9. The van der Waals surface area contributed by atoms with Crippen LogP contribution in [0.1, 0.15) is 68.1 Å². The van der Waals surface area contributed by atoms with Gasteiger partial charge in [0.2, 0.25) is 11.8 Å². The van der Waals surface area contributed by atoms with E-state index in [4.69, 9.17) is 4.42 Å². The molecule has 4 saturated carbocycles. The normalized spacial score (nSPS) is 29.2. The van der Waals surface area contributed by atoms with Gasteiger partial charge in [0.15, 0.2) is 5.78 Å². The summed E-state index contributed by atoms with van der Waals surface area (Å²) in [7, 11) is 0. The Labute approximate surface area is 180 Å². The van der Waals surface area contributed by atoms with Crippen molar-refractivity contribution < 1.29 is 14.0 Å². The molecule has 6 rings (SSSR count). The van der Waals surface area contributed by atoms with Crippen LogP contribution >= 0.6 is 11.8 Å². The van der Waals surface area contributed by atoms with Gasteiger partial charge >= 0.3 is 0 Å². The summed E-state index contributed by atoms with van der Waals surface area (Å²) in [4.78, 5) is 24.0. The number of rotatable bonds is 7. The van der Waals surface area contributed by atoms with Crippen molar-refractivity contribution in [2.24, 2.45) is 17.8 Å². The first-order chi connectivity index (χ1) is 14.5. The van der Waals surface area contributed by atoms with Gasteiger partial charge in [0, 0.05) is 23.1 Å². The summed E-state index contributed by atoms with van der Waals surface area (Å²) in [5, 5.41) is 11.9. The third kappa shape index (κ3) is 3.80. The molecule has 1 aromatic heterocycles. The lowest BCUT2D eigenvalue weighted by Gasteiger charge is -2.55. The van der Waals surface area contributed by atoms with Crippen LogP contribution in [0.25, 0.3) is 0 Å². The molecule has 30 heavy (non-hydrogen) atoms. The molecule has 4 bridgehead atoms. The number of thioether (sulfide) groups is 1. The number of amides is 1. The summed E-state index contributed by atoms with van der Waals surface area (Å²) in [5.74, 6) is 3.48. The molecule has 6 nitrogen and oxygen atoms in total. The van der Waals surface area contributed by atoms with Gasteiger partial charge in [0.05, 0.1) is 5.75 Å². The fourth-order valence-electron chi connectivity index (χ4n) is 6.05. The highest BCUT2D eigenvalue weighted by Gasteiger charge is 2.54. The summed E-state index contributed by atoms with van der Waals surface area (Å²) < 4.78 is 6.07. The highest BCUT2D eigenvalue weighted by molar-refractivity contribution is 7.99. The minimum atomic E-state index is -0.0455. The number of aromatic nitrogens is 2. The van der Waals surface area contributed by atoms with E-state index in [9.17, 15) is 9.59 Å². The zero-order valence-corrected chi connectivity index (χ0v) is 18.0. The van der Waals surface area contributed by atoms with Crippen LogP contribution in [0.3, 0.4) is 0 Å². The molecule has 0 radical (unpaired) electrons. The Hall–Kier alpha value is -2.15. The minimum absolute atomic E-state index is 0.00271. The predicted octanol–water partition coefficient (Wildman–Crippen LogP) is 4.86. The molecule has 1 aromatic carbocycles. The van der Waals surface area contributed by atoms with Crippen LogP contribution in [0.5, 0.6) is 0 Å². The molecule has 0 atom stereocenters. The summed E-state index contributed by atoms with van der Waals surface area (Å²) in [6, 6.07) is 6.98. The van der Waals surface area contributed by atoms with E-state index >= 15 is 0 Å². The van der Waals surface area contributed by atoms with Gasteiger partial charge in [-0.2, -0.15) is 0 Å². The highest BCUT2D eigenvalue weighted by atomic mass is 32.2. The van der Waals surface area contributed by atoms with Crippen molar-refractivity contribution in [3.8, 4) is 0 Å². The van der Waals surface area contributed by atoms with Crippen molar-refractivity contribution in [2.45, 2.75) is 62.5 Å². The second-order valence-corrected chi connectivity index (χ2v) is 10.2.